The lowest BCUT2D eigenvalue weighted by molar-refractivity contribution is 0.204. The molecule has 0 radical (unpaired) electrons. The number of ether oxygens (including phenoxy) is 1. The predicted octanol–water partition coefficient (Wildman–Crippen LogP) is 3.23. The second-order valence-corrected chi connectivity index (χ2v) is 5.89. The standard InChI is InChI=1S/C17H25N3O/c1-12(2)11-20(7-8-21-4)17-9-13(3)19-16-6-5-14(18)10-15(16)17/h5-6,9-10,12H,7-8,11,18H2,1-4H3. The van der Waals surface area contributed by atoms with Gasteiger partial charge in [0, 0.05) is 42.7 Å². The van der Waals surface area contributed by atoms with E-state index in [2.05, 4.69) is 29.8 Å². The van der Waals surface area contributed by atoms with Gasteiger partial charge in [-0.05, 0) is 37.1 Å². The third-order valence-electron chi connectivity index (χ3n) is 3.43. The maximum absolute atomic E-state index is 5.96. The Labute approximate surface area is 126 Å². The monoisotopic (exact) mass is 287 g/mol. The molecule has 0 saturated carbocycles. The number of nitrogens with two attached hydrogens (primary N) is 1. The number of aryl methyl sites for hydroxylation is 1. The number of fused-ring (bicyclic) bond motifs is 1. The highest BCUT2D eigenvalue weighted by Crippen LogP contribution is 2.29. The zero-order chi connectivity index (χ0) is 15.4. The Kier molecular flexibility index (Phi) is 5.02. The first-order chi connectivity index (χ1) is 10.0. The number of hydrogen-bond donors (Lipinski definition) is 1. The Morgan fingerprint density at radius 3 is 2.71 bits per heavy atom. The normalized spacial score (nSPS) is 11.3. The minimum atomic E-state index is 0.575. The van der Waals surface area contributed by atoms with Crippen LogP contribution < -0.4 is 10.6 Å². The summed E-state index contributed by atoms with van der Waals surface area (Å²) in [5.41, 5.74) is 9.93. The van der Waals surface area contributed by atoms with Gasteiger partial charge in [0.15, 0.2) is 0 Å². The number of hydrogen-bond acceptors (Lipinski definition) is 4. The zero-order valence-electron chi connectivity index (χ0n) is 13.4. The smallest absolute Gasteiger partial charge is 0.0727 e. The van der Waals surface area contributed by atoms with Crippen LogP contribution in [-0.4, -0.2) is 31.8 Å². The van der Waals surface area contributed by atoms with Crippen molar-refractivity contribution < 1.29 is 4.74 Å². The van der Waals surface area contributed by atoms with Crippen molar-refractivity contribution in [1.82, 2.24) is 4.98 Å². The minimum absolute atomic E-state index is 0.575. The van der Waals surface area contributed by atoms with Crippen LogP contribution in [-0.2, 0) is 4.74 Å². The van der Waals surface area contributed by atoms with E-state index in [9.17, 15) is 0 Å². The molecule has 2 N–H and O–H groups in total. The molecule has 0 unspecified atom stereocenters. The Morgan fingerprint density at radius 2 is 2.05 bits per heavy atom. The van der Waals surface area contributed by atoms with Crippen LogP contribution in [0.25, 0.3) is 10.9 Å². The largest absolute Gasteiger partial charge is 0.399 e. The van der Waals surface area contributed by atoms with Gasteiger partial charge in [0.05, 0.1) is 12.1 Å². The molecule has 0 atom stereocenters. The molecule has 2 rings (SSSR count). The Morgan fingerprint density at radius 1 is 1.29 bits per heavy atom. The van der Waals surface area contributed by atoms with Crippen LogP contribution in [0.15, 0.2) is 24.3 Å². The van der Waals surface area contributed by atoms with E-state index in [1.165, 1.54) is 5.69 Å². The SMILES string of the molecule is COCCN(CC(C)C)c1cc(C)nc2ccc(N)cc12. The molecule has 1 aromatic carbocycles. The minimum Gasteiger partial charge on any atom is -0.399 e. The molecule has 0 bridgehead atoms. The van der Waals surface area contributed by atoms with Gasteiger partial charge in [-0.2, -0.15) is 0 Å². The molecule has 0 aliphatic carbocycles. The van der Waals surface area contributed by atoms with E-state index in [0.29, 0.717) is 12.5 Å². The molecule has 2 aromatic rings. The number of anilines is 2. The fourth-order valence-electron chi connectivity index (χ4n) is 2.57. The van der Waals surface area contributed by atoms with E-state index in [0.717, 1.165) is 35.4 Å². The van der Waals surface area contributed by atoms with Crippen LogP contribution in [0.1, 0.15) is 19.5 Å². The van der Waals surface area contributed by atoms with Crippen LogP contribution in [0.2, 0.25) is 0 Å². The van der Waals surface area contributed by atoms with Crippen LogP contribution in [0, 0.1) is 12.8 Å². The van der Waals surface area contributed by atoms with Gasteiger partial charge in [-0.1, -0.05) is 13.8 Å². The van der Waals surface area contributed by atoms with E-state index in [4.69, 9.17) is 10.5 Å². The number of nitrogen functional groups attached to an aromatic ring is 1. The van der Waals surface area contributed by atoms with Gasteiger partial charge in [0.1, 0.15) is 0 Å². The molecular weight excluding hydrogens is 262 g/mol. The van der Waals surface area contributed by atoms with E-state index in [-0.39, 0.29) is 0 Å². The van der Waals surface area contributed by atoms with E-state index < -0.39 is 0 Å². The first-order valence-electron chi connectivity index (χ1n) is 7.42. The van der Waals surface area contributed by atoms with Crippen molar-refractivity contribution in [1.29, 1.82) is 0 Å². The topological polar surface area (TPSA) is 51.4 Å². The number of aromatic nitrogens is 1. The molecule has 0 fully saturated rings. The molecule has 0 aliphatic heterocycles. The molecule has 0 aliphatic rings. The van der Waals surface area contributed by atoms with Crippen molar-refractivity contribution in [2.75, 3.05) is 37.4 Å². The average Bonchev–Trinajstić information content (AvgIpc) is 2.42. The molecule has 0 saturated heterocycles. The lowest BCUT2D eigenvalue weighted by Crippen LogP contribution is -2.31. The van der Waals surface area contributed by atoms with Gasteiger partial charge in [0.2, 0.25) is 0 Å². The van der Waals surface area contributed by atoms with Crippen LogP contribution in [0.5, 0.6) is 0 Å². The molecule has 0 spiro atoms. The van der Waals surface area contributed by atoms with E-state index >= 15 is 0 Å². The summed E-state index contributed by atoms with van der Waals surface area (Å²) in [5.74, 6) is 0.575. The summed E-state index contributed by atoms with van der Waals surface area (Å²) < 4.78 is 5.26. The van der Waals surface area contributed by atoms with Gasteiger partial charge in [-0.25, -0.2) is 0 Å². The van der Waals surface area contributed by atoms with Gasteiger partial charge >= 0.3 is 0 Å². The molecule has 1 heterocycles. The molecule has 4 nitrogen and oxygen atoms in total. The third kappa shape index (κ3) is 3.85. The maximum Gasteiger partial charge on any atom is 0.0727 e. The highest BCUT2D eigenvalue weighted by molar-refractivity contribution is 5.94. The summed E-state index contributed by atoms with van der Waals surface area (Å²) in [5, 5.41) is 1.11. The summed E-state index contributed by atoms with van der Waals surface area (Å²) >= 11 is 0. The second kappa shape index (κ2) is 6.76. The van der Waals surface area contributed by atoms with Crippen molar-refractivity contribution >= 4 is 22.3 Å². The van der Waals surface area contributed by atoms with Gasteiger partial charge in [-0.15, -0.1) is 0 Å². The molecular formula is C17H25N3O. The second-order valence-electron chi connectivity index (χ2n) is 5.89. The average molecular weight is 287 g/mol. The summed E-state index contributed by atoms with van der Waals surface area (Å²) in [4.78, 5) is 6.97. The quantitative estimate of drug-likeness (QED) is 0.829. The summed E-state index contributed by atoms with van der Waals surface area (Å²) in [6.45, 7) is 9.04. The van der Waals surface area contributed by atoms with Crippen molar-refractivity contribution in [2.45, 2.75) is 20.8 Å². The molecule has 114 valence electrons. The van der Waals surface area contributed by atoms with Crippen molar-refractivity contribution in [2.24, 2.45) is 5.92 Å². The molecule has 0 amide bonds. The van der Waals surface area contributed by atoms with E-state index in [1.807, 2.05) is 25.1 Å². The van der Waals surface area contributed by atoms with Crippen LogP contribution >= 0.6 is 0 Å². The first-order valence-corrected chi connectivity index (χ1v) is 7.42. The molecule has 4 heteroatoms. The Bertz CT molecular complexity index is 610. The molecule has 1 aromatic heterocycles. The number of pyridine rings is 1. The molecule has 21 heavy (non-hydrogen) atoms. The zero-order valence-corrected chi connectivity index (χ0v) is 13.4. The fourth-order valence-corrected chi connectivity index (χ4v) is 2.57. The number of methoxy groups -OCH3 is 1. The number of benzene rings is 1. The lowest BCUT2D eigenvalue weighted by atomic mass is 10.1. The highest BCUT2D eigenvalue weighted by atomic mass is 16.5. The number of rotatable bonds is 6. The van der Waals surface area contributed by atoms with Crippen LogP contribution in [0.4, 0.5) is 11.4 Å². The van der Waals surface area contributed by atoms with Crippen molar-refractivity contribution in [3.63, 3.8) is 0 Å². The van der Waals surface area contributed by atoms with Gasteiger partial charge in [-0.3, -0.25) is 4.98 Å². The van der Waals surface area contributed by atoms with Crippen molar-refractivity contribution in [3.8, 4) is 0 Å². The summed E-state index contributed by atoms with van der Waals surface area (Å²) in [6, 6.07) is 8.04. The fraction of sp³-hybridized carbons (Fsp3) is 0.471. The predicted molar refractivity (Wildman–Crippen MR) is 89.8 cm³/mol. The summed E-state index contributed by atoms with van der Waals surface area (Å²) in [7, 11) is 1.74. The lowest BCUT2D eigenvalue weighted by Gasteiger charge is -2.28. The number of nitrogens with zero attached hydrogens (tertiary/aromatic N) is 2. The first kappa shape index (κ1) is 15.6. The Hall–Kier alpha value is -1.81. The van der Waals surface area contributed by atoms with E-state index in [1.54, 1.807) is 7.11 Å². The third-order valence-corrected chi connectivity index (χ3v) is 3.43. The Balaban J connectivity index is 2.51. The maximum atomic E-state index is 5.96. The highest BCUT2D eigenvalue weighted by Gasteiger charge is 2.13. The van der Waals surface area contributed by atoms with Gasteiger partial charge < -0.3 is 15.4 Å². The van der Waals surface area contributed by atoms with Crippen LogP contribution in [0.3, 0.4) is 0 Å². The van der Waals surface area contributed by atoms with Crippen molar-refractivity contribution in [3.05, 3.63) is 30.0 Å². The van der Waals surface area contributed by atoms with Gasteiger partial charge in [0.25, 0.3) is 0 Å². The summed E-state index contributed by atoms with van der Waals surface area (Å²) in [6.07, 6.45) is 0.